The third kappa shape index (κ3) is 7.31. The van der Waals surface area contributed by atoms with Crippen LogP contribution in [0, 0.1) is 11.3 Å². The van der Waals surface area contributed by atoms with Crippen molar-refractivity contribution in [2.24, 2.45) is 16.3 Å². The first-order valence-corrected chi connectivity index (χ1v) is 10.8. The molecular weight excluding hydrogens is 423 g/mol. The van der Waals surface area contributed by atoms with Crippen molar-refractivity contribution in [3.05, 3.63) is 30.1 Å². The van der Waals surface area contributed by atoms with Crippen molar-refractivity contribution in [2.75, 3.05) is 6.54 Å². The second-order valence-electron chi connectivity index (χ2n) is 9.25. The van der Waals surface area contributed by atoms with Gasteiger partial charge in [0.05, 0.1) is 17.7 Å². The van der Waals surface area contributed by atoms with Gasteiger partial charge in [0, 0.05) is 18.5 Å². The number of halogens is 3. The molecule has 2 rings (SSSR count). The van der Waals surface area contributed by atoms with E-state index in [9.17, 15) is 22.8 Å². The maximum Gasteiger partial charge on any atom is 0.397 e. The van der Waals surface area contributed by atoms with Gasteiger partial charge in [0.2, 0.25) is 5.91 Å². The fourth-order valence-corrected chi connectivity index (χ4v) is 3.62. The second kappa shape index (κ2) is 10.4. The molecule has 6 nitrogen and oxygen atoms in total. The SMILES string of the molecule is CCC1CC(=NCc2ccccn2)C([C@H](C)OC(=O)C(C)(C)C)N(C(=O)CC(F)(F)F)C1. The summed E-state index contributed by atoms with van der Waals surface area (Å²) in [5.41, 5.74) is 0.462. The number of rotatable bonds is 6. The maximum atomic E-state index is 13.0. The smallest absolute Gasteiger partial charge is 0.397 e. The molecule has 1 aromatic rings. The second-order valence-corrected chi connectivity index (χ2v) is 9.25. The fraction of sp³-hybridized carbons (Fsp3) is 0.652. The minimum atomic E-state index is -4.63. The molecule has 1 aliphatic rings. The first kappa shape index (κ1) is 25.8. The summed E-state index contributed by atoms with van der Waals surface area (Å²) in [5.74, 6) is -1.56. The molecule has 2 unspecified atom stereocenters. The Labute approximate surface area is 187 Å². The van der Waals surface area contributed by atoms with Gasteiger partial charge in [-0.15, -0.1) is 0 Å². The zero-order valence-corrected chi connectivity index (χ0v) is 19.3. The summed E-state index contributed by atoms with van der Waals surface area (Å²) < 4.78 is 44.7. The zero-order chi connectivity index (χ0) is 24.1. The van der Waals surface area contributed by atoms with E-state index in [-0.39, 0.29) is 19.0 Å². The Hall–Kier alpha value is -2.45. The minimum absolute atomic E-state index is 0.0311. The van der Waals surface area contributed by atoms with Crippen LogP contribution < -0.4 is 0 Å². The van der Waals surface area contributed by atoms with Gasteiger partial charge in [-0.2, -0.15) is 13.2 Å². The summed E-state index contributed by atoms with van der Waals surface area (Å²) in [6, 6.07) is 4.54. The number of likely N-dealkylation sites (tertiary alicyclic amines) is 1. The molecular formula is C23H32F3N3O3. The van der Waals surface area contributed by atoms with E-state index in [1.807, 2.05) is 13.0 Å². The molecule has 0 N–H and O–H groups in total. The number of ether oxygens (including phenoxy) is 1. The van der Waals surface area contributed by atoms with Crippen LogP contribution in [0.25, 0.3) is 0 Å². The number of nitrogens with zero attached hydrogens (tertiary/aromatic N) is 3. The molecule has 0 radical (unpaired) electrons. The molecule has 1 aliphatic heterocycles. The van der Waals surface area contributed by atoms with E-state index in [4.69, 9.17) is 4.74 Å². The van der Waals surface area contributed by atoms with Crippen LogP contribution in [0.5, 0.6) is 0 Å². The zero-order valence-electron chi connectivity index (χ0n) is 19.3. The van der Waals surface area contributed by atoms with Crippen molar-refractivity contribution >= 4 is 17.6 Å². The van der Waals surface area contributed by atoms with Gasteiger partial charge in [0.1, 0.15) is 18.6 Å². The molecule has 1 fully saturated rings. The quantitative estimate of drug-likeness (QED) is 0.589. The average molecular weight is 456 g/mol. The Morgan fingerprint density at radius 2 is 1.97 bits per heavy atom. The Morgan fingerprint density at radius 3 is 2.50 bits per heavy atom. The van der Waals surface area contributed by atoms with Crippen LogP contribution in [0.3, 0.4) is 0 Å². The lowest BCUT2D eigenvalue weighted by molar-refractivity contribution is -0.170. The van der Waals surface area contributed by atoms with Crippen LogP contribution in [0.15, 0.2) is 29.4 Å². The molecule has 0 aromatic carbocycles. The Balaban J connectivity index is 2.41. The van der Waals surface area contributed by atoms with Gasteiger partial charge in [-0.3, -0.25) is 19.6 Å². The van der Waals surface area contributed by atoms with Gasteiger partial charge in [0.25, 0.3) is 0 Å². The Bertz CT molecular complexity index is 819. The van der Waals surface area contributed by atoms with Crippen molar-refractivity contribution in [3.63, 3.8) is 0 Å². The Morgan fingerprint density at radius 1 is 1.28 bits per heavy atom. The molecule has 9 heteroatoms. The van der Waals surface area contributed by atoms with Gasteiger partial charge in [-0.05, 0) is 52.2 Å². The van der Waals surface area contributed by atoms with E-state index in [2.05, 4.69) is 9.98 Å². The number of aromatic nitrogens is 1. The summed E-state index contributed by atoms with van der Waals surface area (Å²) in [4.78, 5) is 35.2. The number of amides is 1. The molecule has 1 saturated heterocycles. The summed E-state index contributed by atoms with van der Waals surface area (Å²) in [5, 5.41) is 0. The molecule has 1 amide bonds. The van der Waals surface area contributed by atoms with Gasteiger partial charge >= 0.3 is 12.1 Å². The average Bonchev–Trinajstić information content (AvgIpc) is 2.70. The Kier molecular flexibility index (Phi) is 8.42. The van der Waals surface area contributed by atoms with Gasteiger partial charge in [0.15, 0.2) is 0 Å². The number of carbonyl (C=O) groups excluding carboxylic acids is 2. The normalized spacial score (nSPS) is 22.0. The predicted octanol–water partition coefficient (Wildman–Crippen LogP) is 4.58. The predicted molar refractivity (Wildman–Crippen MR) is 115 cm³/mol. The van der Waals surface area contributed by atoms with E-state index >= 15 is 0 Å². The highest BCUT2D eigenvalue weighted by atomic mass is 19.4. The van der Waals surface area contributed by atoms with Crippen molar-refractivity contribution in [3.8, 4) is 0 Å². The van der Waals surface area contributed by atoms with Crippen molar-refractivity contribution in [1.29, 1.82) is 0 Å². The summed E-state index contributed by atoms with van der Waals surface area (Å²) in [7, 11) is 0. The first-order chi connectivity index (χ1) is 14.8. The van der Waals surface area contributed by atoms with Crippen molar-refractivity contribution in [2.45, 2.75) is 78.7 Å². The summed E-state index contributed by atoms with van der Waals surface area (Å²) in [6.45, 7) is 9.00. The molecule has 178 valence electrons. The van der Waals surface area contributed by atoms with Crippen LogP contribution in [0.4, 0.5) is 13.2 Å². The number of hydrogen-bond donors (Lipinski definition) is 0. The lowest BCUT2D eigenvalue weighted by Crippen LogP contribution is -2.58. The third-order valence-electron chi connectivity index (χ3n) is 5.40. The van der Waals surface area contributed by atoms with E-state index < -0.39 is 42.0 Å². The highest BCUT2D eigenvalue weighted by Gasteiger charge is 2.43. The van der Waals surface area contributed by atoms with Gasteiger partial charge in [-0.25, -0.2) is 0 Å². The molecule has 2 heterocycles. The number of aliphatic imine (C=N–C) groups is 1. The summed E-state index contributed by atoms with van der Waals surface area (Å²) >= 11 is 0. The number of hydrogen-bond acceptors (Lipinski definition) is 5. The molecule has 0 spiro atoms. The van der Waals surface area contributed by atoms with Crippen LogP contribution in [0.2, 0.25) is 0 Å². The maximum absolute atomic E-state index is 13.0. The number of esters is 1. The van der Waals surface area contributed by atoms with Gasteiger partial charge < -0.3 is 9.64 Å². The van der Waals surface area contributed by atoms with Crippen molar-refractivity contribution < 1.29 is 27.5 Å². The van der Waals surface area contributed by atoms with E-state index in [0.29, 0.717) is 24.2 Å². The van der Waals surface area contributed by atoms with E-state index in [1.165, 1.54) is 4.90 Å². The largest absolute Gasteiger partial charge is 0.460 e. The molecule has 0 aliphatic carbocycles. The van der Waals surface area contributed by atoms with E-state index in [1.54, 1.807) is 46.0 Å². The van der Waals surface area contributed by atoms with Gasteiger partial charge in [-0.1, -0.05) is 19.4 Å². The standard InChI is InChI=1S/C23H32F3N3O3/c1-6-16-11-18(28-13-17-9-7-8-10-27-17)20(15(2)32-21(31)22(3,4)5)29(14-16)19(30)12-23(24,25)26/h7-10,15-16,20H,6,11-14H2,1-5H3/t15-,16?,20?/m0/s1. The number of carbonyl (C=O) groups is 2. The molecule has 0 saturated carbocycles. The monoisotopic (exact) mass is 455 g/mol. The van der Waals surface area contributed by atoms with Crippen LogP contribution in [-0.2, 0) is 20.9 Å². The van der Waals surface area contributed by atoms with Crippen LogP contribution >= 0.6 is 0 Å². The number of alkyl halides is 3. The lowest BCUT2D eigenvalue weighted by Gasteiger charge is -2.43. The number of pyridine rings is 1. The van der Waals surface area contributed by atoms with Crippen LogP contribution in [0.1, 0.15) is 59.6 Å². The third-order valence-corrected chi connectivity index (χ3v) is 5.40. The molecule has 0 bridgehead atoms. The highest BCUT2D eigenvalue weighted by Crippen LogP contribution is 2.30. The minimum Gasteiger partial charge on any atom is -0.460 e. The lowest BCUT2D eigenvalue weighted by atomic mass is 9.86. The van der Waals surface area contributed by atoms with Crippen molar-refractivity contribution in [1.82, 2.24) is 9.88 Å². The van der Waals surface area contributed by atoms with Crippen LogP contribution in [-0.4, -0.2) is 52.3 Å². The first-order valence-electron chi connectivity index (χ1n) is 10.8. The topological polar surface area (TPSA) is 71.9 Å². The summed E-state index contributed by atoms with van der Waals surface area (Å²) in [6.07, 6.45) is -4.21. The molecule has 3 atom stereocenters. The van der Waals surface area contributed by atoms with E-state index in [0.717, 1.165) is 0 Å². The molecule has 1 aromatic heterocycles. The molecule has 32 heavy (non-hydrogen) atoms. The fourth-order valence-electron chi connectivity index (χ4n) is 3.62. The number of piperidine rings is 1. The highest BCUT2D eigenvalue weighted by molar-refractivity contribution is 5.95.